The van der Waals surface area contributed by atoms with Gasteiger partial charge in [0.25, 0.3) is 0 Å². The van der Waals surface area contributed by atoms with Crippen molar-refractivity contribution in [3.63, 3.8) is 0 Å². The van der Waals surface area contributed by atoms with Gasteiger partial charge in [0.05, 0.1) is 18.9 Å². The predicted molar refractivity (Wildman–Crippen MR) is 92.5 cm³/mol. The van der Waals surface area contributed by atoms with E-state index in [-0.39, 0.29) is 0 Å². The number of likely N-dealkylation sites (N-methyl/N-ethyl adjacent to an activating group) is 1. The third kappa shape index (κ3) is 4.59. The van der Waals surface area contributed by atoms with E-state index >= 15 is 0 Å². The number of rotatable bonds is 5. The lowest BCUT2D eigenvalue weighted by molar-refractivity contribution is -0.0462. The molecule has 3 rings (SSSR count). The van der Waals surface area contributed by atoms with Crippen LogP contribution in [0.4, 0.5) is 0 Å². The maximum absolute atomic E-state index is 10.6. The highest BCUT2D eigenvalue weighted by molar-refractivity contribution is 7.13. The maximum atomic E-state index is 10.6. The molecule has 1 aromatic carbocycles. The van der Waals surface area contributed by atoms with Crippen LogP contribution >= 0.6 is 11.3 Å². The molecule has 1 aliphatic rings. The molecule has 1 unspecified atom stereocenters. The molecule has 0 bridgehead atoms. The highest BCUT2D eigenvalue weighted by Crippen LogP contribution is 2.24. The van der Waals surface area contributed by atoms with Gasteiger partial charge in [-0.3, -0.25) is 4.90 Å². The van der Waals surface area contributed by atoms with Gasteiger partial charge in [0.1, 0.15) is 10.6 Å². The van der Waals surface area contributed by atoms with Crippen molar-refractivity contribution in [2.75, 3.05) is 39.9 Å². The molecule has 0 spiro atoms. The van der Waals surface area contributed by atoms with Crippen LogP contribution in [0, 0.1) is 0 Å². The van der Waals surface area contributed by atoms with E-state index in [1.165, 1.54) is 0 Å². The molecule has 2 aromatic rings. The Labute approximate surface area is 140 Å². The molecule has 0 amide bonds. The average Bonchev–Trinajstić information content (AvgIpc) is 2.89. The molecule has 6 heteroatoms. The zero-order chi connectivity index (χ0) is 16.1. The Morgan fingerprint density at radius 2 is 2.22 bits per heavy atom. The number of thiazole rings is 1. The topological polar surface area (TPSA) is 57.6 Å². The lowest BCUT2D eigenvalue weighted by Crippen LogP contribution is -2.50. The van der Waals surface area contributed by atoms with E-state index in [1.54, 1.807) is 11.3 Å². The van der Waals surface area contributed by atoms with Crippen LogP contribution in [0.15, 0.2) is 35.7 Å². The molecule has 2 N–H and O–H groups in total. The van der Waals surface area contributed by atoms with Crippen molar-refractivity contribution >= 4 is 11.3 Å². The van der Waals surface area contributed by atoms with Crippen LogP contribution in [0.5, 0.6) is 0 Å². The van der Waals surface area contributed by atoms with Gasteiger partial charge in [0.2, 0.25) is 0 Å². The van der Waals surface area contributed by atoms with Gasteiger partial charge in [-0.05, 0) is 7.05 Å². The van der Waals surface area contributed by atoms with Crippen molar-refractivity contribution in [3.8, 4) is 10.6 Å². The number of hydrogen-bond acceptors (Lipinski definition) is 6. The van der Waals surface area contributed by atoms with Crippen molar-refractivity contribution in [2.24, 2.45) is 0 Å². The van der Waals surface area contributed by atoms with Gasteiger partial charge in [-0.2, -0.15) is 0 Å². The lowest BCUT2D eigenvalue weighted by Gasteiger charge is -2.30. The van der Waals surface area contributed by atoms with Gasteiger partial charge in [-0.25, -0.2) is 4.98 Å². The van der Waals surface area contributed by atoms with Crippen molar-refractivity contribution in [2.45, 2.75) is 12.1 Å². The van der Waals surface area contributed by atoms with Gasteiger partial charge in [0.15, 0.2) is 0 Å². The summed E-state index contributed by atoms with van der Waals surface area (Å²) in [5.41, 5.74) is 1.33. The normalized spacial score (nSPS) is 22.2. The summed E-state index contributed by atoms with van der Waals surface area (Å²) in [4.78, 5) is 6.80. The fourth-order valence-electron chi connectivity index (χ4n) is 2.81. The summed E-state index contributed by atoms with van der Waals surface area (Å²) in [5.74, 6) is 0. The van der Waals surface area contributed by atoms with Crippen LogP contribution in [0.3, 0.4) is 0 Å². The fraction of sp³-hybridized carbons (Fsp3) is 0.471. The highest BCUT2D eigenvalue weighted by atomic mass is 32.1. The van der Waals surface area contributed by atoms with Crippen LogP contribution in [-0.4, -0.2) is 60.5 Å². The minimum Gasteiger partial charge on any atom is -0.385 e. The number of nitrogens with one attached hydrogen (secondary N) is 1. The summed E-state index contributed by atoms with van der Waals surface area (Å²) in [5, 5.41) is 17.0. The molecule has 1 aromatic heterocycles. The van der Waals surface area contributed by atoms with Gasteiger partial charge in [0, 0.05) is 37.1 Å². The monoisotopic (exact) mass is 333 g/mol. The number of β-amino-alcohol motifs (C(OH)–C–C–N with tert-alkyl or cyclic N) is 1. The van der Waals surface area contributed by atoms with E-state index in [0.717, 1.165) is 22.8 Å². The quantitative estimate of drug-likeness (QED) is 0.870. The minimum atomic E-state index is -0.844. The molecule has 0 saturated carbocycles. The lowest BCUT2D eigenvalue weighted by atomic mass is 10.1. The van der Waals surface area contributed by atoms with Crippen LogP contribution in [0.25, 0.3) is 10.6 Å². The van der Waals surface area contributed by atoms with Crippen molar-refractivity contribution in [1.82, 2.24) is 15.2 Å². The first-order valence-corrected chi connectivity index (χ1v) is 8.72. The molecule has 1 saturated heterocycles. The number of hydrogen-bond donors (Lipinski definition) is 2. The van der Waals surface area contributed by atoms with Gasteiger partial charge < -0.3 is 15.2 Å². The van der Waals surface area contributed by atoms with Crippen molar-refractivity contribution < 1.29 is 9.84 Å². The molecule has 23 heavy (non-hydrogen) atoms. The minimum absolute atomic E-state index is 0.372. The summed E-state index contributed by atoms with van der Waals surface area (Å²) >= 11 is 1.66. The smallest absolute Gasteiger partial charge is 0.123 e. The van der Waals surface area contributed by atoms with Crippen LogP contribution in [-0.2, 0) is 11.3 Å². The molecule has 1 atom stereocenters. The predicted octanol–water partition coefficient (Wildman–Crippen LogP) is 1.59. The summed E-state index contributed by atoms with van der Waals surface area (Å²) in [6, 6.07) is 10.2. The molecule has 1 fully saturated rings. The van der Waals surface area contributed by atoms with E-state index < -0.39 is 5.60 Å². The number of nitrogens with zero attached hydrogens (tertiary/aromatic N) is 2. The number of aliphatic hydroxyl groups is 1. The van der Waals surface area contributed by atoms with E-state index in [4.69, 9.17) is 9.72 Å². The number of ether oxygens (including phenoxy) is 1. The third-order valence-electron chi connectivity index (χ3n) is 3.82. The first-order valence-electron chi connectivity index (χ1n) is 7.84. The summed E-state index contributed by atoms with van der Waals surface area (Å²) < 4.78 is 5.47. The molecule has 2 heterocycles. The van der Waals surface area contributed by atoms with Crippen molar-refractivity contribution in [1.29, 1.82) is 0 Å². The second kappa shape index (κ2) is 7.51. The van der Waals surface area contributed by atoms with Gasteiger partial charge in [-0.1, -0.05) is 30.3 Å². The average molecular weight is 333 g/mol. The van der Waals surface area contributed by atoms with E-state index in [1.807, 2.05) is 25.2 Å². The molecule has 124 valence electrons. The van der Waals surface area contributed by atoms with E-state index in [9.17, 15) is 5.11 Å². The summed E-state index contributed by atoms with van der Waals surface area (Å²) in [7, 11) is 2.00. The first kappa shape index (κ1) is 16.5. The van der Waals surface area contributed by atoms with Crippen molar-refractivity contribution in [3.05, 3.63) is 41.4 Å². The second-order valence-corrected chi connectivity index (χ2v) is 6.99. The van der Waals surface area contributed by atoms with Crippen LogP contribution in [0.1, 0.15) is 5.69 Å². The molecular formula is C17H23N3O2S. The van der Waals surface area contributed by atoms with Crippen LogP contribution < -0.4 is 5.32 Å². The van der Waals surface area contributed by atoms with E-state index in [0.29, 0.717) is 32.8 Å². The number of aromatic nitrogens is 1. The fourth-order valence-corrected chi connectivity index (χ4v) is 3.62. The molecular weight excluding hydrogens is 310 g/mol. The Kier molecular flexibility index (Phi) is 5.40. The molecule has 1 aliphatic heterocycles. The Hall–Kier alpha value is -1.31. The zero-order valence-electron chi connectivity index (χ0n) is 13.4. The maximum Gasteiger partial charge on any atom is 0.123 e. The van der Waals surface area contributed by atoms with Gasteiger partial charge in [-0.15, -0.1) is 11.3 Å². The zero-order valence-corrected chi connectivity index (χ0v) is 14.2. The first-order chi connectivity index (χ1) is 11.1. The Morgan fingerprint density at radius 3 is 3.04 bits per heavy atom. The largest absolute Gasteiger partial charge is 0.385 e. The molecule has 0 radical (unpaired) electrons. The Balaban J connectivity index is 1.60. The van der Waals surface area contributed by atoms with Crippen LogP contribution in [0.2, 0.25) is 0 Å². The Bertz CT molecular complexity index is 609. The second-order valence-electron chi connectivity index (χ2n) is 6.14. The summed E-state index contributed by atoms with van der Waals surface area (Å²) in [6.07, 6.45) is 0. The SMILES string of the molecule is CN(Cc1csc(-c2ccccc2)n1)CC1(O)CNCCOC1. The standard InChI is InChI=1S/C17H23N3O2S/c1-20(12-17(21)11-18-7-8-22-13-17)9-15-10-23-16(19-15)14-5-3-2-4-6-14/h2-6,10,18,21H,7-9,11-13H2,1H3. The van der Waals surface area contributed by atoms with E-state index in [2.05, 4.69) is 27.7 Å². The molecule has 0 aliphatic carbocycles. The molecule has 5 nitrogen and oxygen atoms in total. The Morgan fingerprint density at radius 1 is 1.39 bits per heavy atom. The van der Waals surface area contributed by atoms with Gasteiger partial charge >= 0.3 is 0 Å². The highest BCUT2D eigenvalue weighted by Gasteiger charge is 2.30. The number of benzene rings is 1. The third-order valence-corrected chi connectivity index (χ3v) is 4.76. The summed E-state index contributed by atoms with van der Waals surface area (Å²) in [6.45, 7) is 3.64.